The number of thiocarbonyl (C=S) groups is 1. The molecule has 4 aromatic rings. The monoisotopic (exact) mass is 533 g/mol. The Bertz CT molecular complexity index is 1380. The number of ether oxygens (including phenoxy) is 2. The maximum Gasteiger partial charge on any atom is 0.265 e. The number of aryl methyl sites for hydroxylation is 1. The highest BCUT2D eigenvalue weighted by molar-refractivity contribution is 7.80. The number of H-pyrrole nitrogens is 1. The standard InChI is InChI=1S/C30H32ClN3O2S/c1-4-5-20(3)18-35-27-13-8-21(17-32-27)29-28-24(25-16-22(31)9-12-26(25)33-28)14-15-34(29)30(37)36-23-10-6-19(2)7-11-23/h6-13,16-17,20,29,33H,4-5,14-15,18H2,1-3H3. The van der Waals surface area contributed by atoms with E-state index in [1.807, 2.05) is 54.7 Å². The van der Waals surface area contributed by atoms with E-state index in [0.717, 1.165) is 52.2 Å². The number of aromatic amines is 1. The minimum absolute atomic E-state index is 0.173. The van der Waals surface area contributed by atoms with Crippen LogP contribution in [0.15, 0.2) is 60.8 Å². The molecule has 0 bridgehead atoms. The van der Waals surface area contributed by atoms with Crippen LogP contribution in [0.1, 0.15) is 55.1 Å². The minimum Gasteiger partial charge on any atom is -0.477 e. The summed E-state index contributed by atoms with van der Waals surface area (Å²) in [7, 11) is 0. The topological polar surface area (TPSA) is 50.4 Å². The van der Waals surface area contributed by atoms with Gasteiger partial charge in [0.1, 0.15) is 5.75 Å². The Kier molecular flexibility index (Phi) is 7.68. The van der Waals surface area contributed by atoms with E-state index in [9.17, 15) is 0 Å². The van der Waals surface area contributed by atoms with Gasteiger partial charge in [-0.2, -0.15) is 0 Å². The van der Waals surface area contributed by atoms with E-state index < -0.39 is 0 Å². The van der Waals surface area contributed by atoms with Gasteiger partial charge in [-0.15, -0.1) is 0 Å². The minimum atomic E-state index is -0.173. The van der Waals surface area contributed by atoms with Crippen molar-refractivity contribution in [3.8, 4) is 11.6 Å². The summed E-state index contributed by atoms with van der Waals surface area (Å²) in [5, 5.41) is 2.31. The fourth-order valence-electron chi connectivity index (χ4n) is 5.01. The Labute approximate surface area is 228 Å². The molecule has 2 aromatic carbocycles. The number of hydrogen-bond donors (Lipinski definition) is 1. The largest absolute Gasteiger partial charge is 0.477 e. The zero-order valence-electron chi connectivity index (χ0n) is 21.5. The van der Waals surface area contributed by atoms with Crippen LogP contribution in [0.4, 0.5) is 0 Å². The fraction of sp³-hybridized carbons (Fsp3) is 0.333. The van der Waals surface area contributed by atoms with Crippen LogP contribution in [-0.4, -0.2) is 33.2 Å². The van der Waals surface area contributed by atoms with Crippen molar-refractivity contribution < 1.29 is 9.47 Å². The highest BCUT2D eigenvalue weighted by Crippen LogP contribution is 2.39. The van der Waals surface area contributed by atoms with Crippen LogP contribution in [-0.2, 0) is 6.42 Å². The summed E-state index contributed by atoms with van der Waals surface area (Å²) in [6.45, 7) is 7.83. The lowest BCUT2D eigenvalue weighted by molar-refractivity contribution is 0.242. The number of rotatable bonds is 7. The lowest BCUT2D eigenvalue weighted by atomic mass is 9.93. The fourth-order valence-corrected chi connectivity index (χ4v) is 5.48. The molecule has 0 saturated heterocycles. The van der Waals surface area contributed by atoms with Gasteiger partial charge in [0.2, 0.25) is 5.88 Å². The van der Waals surface area contributed by atoms with Crippen LogP contribution in [0.2, 0.25) is 5.02 Å². The second-order valence-electron chi connectivity index (χ2n) is 9.87. The molecule has 1 aliphatic rings. The van der Waals surface area contributed by atoms with Gasteiger partial charge in [-0.25, -0.2) is 4.98 Å². The smallest absolute Gasteiger partial charge is 0.265 e. The van der Waals surface area contributed by atoms with E-state index in [4.69, 9.17) is 33.3 Å². The number of nitrogens with one attached hydrogen (secondary N) is 1. The number of fused-ring (bicyclic) bond motifs is 3. The summed E-state index contributed by atoms with van der Waals surface area (Å²) < 4.78 is 12.1. The van der Waals surface area contributed by atoms with E-state index in [0.29, 0.717) is 30.1 Å². The number of aromatic nitrogens is 2. The van der Waals surface area contributed by atoms with Crippen LogP contribution in [0, 0.1) is 12.8 Å². The SMILES string of the molecule is CCCC(C)COc1ccc(C2c3[nH]c4ccc(Cl)cc4c3CCN2C(=S)Oc2ccc(C)cc2)cn1. The summed E-state index contributed by atoms with van der Waals surface area (Å²) in [6, 6.07) is 17.8. The maximum absolute atomic E-state index is 6.35. The first kappa shape index (κ1) is 25.6. The first-order valence-corrected chi connectivity index (χ1v) is 13.7. The van der Waals surface area contributed by atoms with Crippen LogP contribution >= 0.6 is 23.8 Å². The van der Waals surface area contributed by atoms with Crippen LogP contribution in [0.5, 0.6) is 11.6 Å². The molecule has 2 unspecified atom stereocenters. The second kappa shape index (κ2) is 11.1. The van der Waals surface area contributed by atoms with Gasteiger partial charge in [0.05, 0.1) is 12.6 Å². The second-order valence-corrected chi connectivity index (χ2v) is 10.7. The number of pyridine rings is 1. The highest BCUT2D eigenvalue weighted by atomic mass is 35.5. The molecular formula is C30H32ClN3O2S. The van der Waals surface area contributed by atoms with Gasteiger partial charge >= 0.3 is 0 Å². The number of hydrogen-bond acceptors (Lipinski definition) is 4. The number of benzene rings is 2. The molecule has 0 aliphatic carbocycles. The quantitative estimate of drug-likeness (QED) is 0.247. The number of nitrogens with zero attached hydrogens (tertiary/aromatic N) is 2. The Morgan fingerprint density at radius 2 is 2.00 bits per heavy atom. The zero-order chi connectivity index (χ0) is 25.9. The Balaban J connectivity index is 1.47. The lowest BCUT2D eigenvalue weighted by Gasteiger charge is -2.37. The van der Waals surface area contributed by atoms with E-state index in [1.54, 1.807) is 0 Å². The molecule has 0 radical (unpaired) electrons. The van der Waals surface area contributed by atoms with E-state index >= 15 is 0 Å². The molecule has 7 heteroatoms. The molecule has 5 nitrogen and oxygen atoms in total. The van der Waals surface area contributed by atoms with Gasteiger partial charge in [-0.1, -0.05) is 49.6 Å². The maximum atomic E-state index is 6.35. The normalized spacial score (nSPS) is 15.9. The molecule has 0 saturated carbocycles. The molecule has 3 heterocycles. The van der Waals surface area contributed by atoms with Crippen molar-refractivity contribution in [2.75, 3.05) is 13.2 Å². The van der Waals surface area contributed by atoms with Crippen molar-refractivity contribution in [3.63, 3.8) is 0 Å². The third-order valence-electron chi connectivity index (χ3n) is 6.92. The molecule has 2 aromatic heterocycles. The van der Waals surface area contributed by atoms with Crippen molar-refractivity contribution in [1.82, 2.24) is 14.9 Å². The molecule has 0 fully saturated rings. The van der Waals surface area contributed by atoms with Gasteiger partial charge in [0.15, 0.2) is 0 Å². The zero-order valence-corrected chi connectivity index (χ0v) is 23.0. The molecule has 192 valence electrons. The molecule has 2 atom stereocenters. The van der Waals surface area contributed by atoms with Crippen molar-refractivity contribution in [3.05, 3.63) is 88.2 Å². The third kappa shape index (κ3) is 5.60. The highest BCUT2D eigenvalue weighted by Gasteiger charge is 2.34. The molecule has 5 rings (SSSR count). The van der Waals surface area contributed by atoms with E-state index in [-0.39, 0.29) is 6.04 Å². The average Bonchev–Trinajstić information content (AvgIpc) is 3.26. The summed E-state index contributed by atoms with van der Waals surface area (Å²) in [5.41, 5.74) is 5.59. The summed E-state index contributed by atoms with van der Waals surface area (Å²) in [6.07, 6.45) is 5.00. The summed E-state index contributed by atoms with van der Waals surface area (Å²) >= 11 is 12.2. The van der Waals surface area contributed by atoms with Crippen molar-refractivity contribution in [2.24, 2.45) is 5.92 Å². The lowest BCUT2D eigenvalue weighted by Crippen LogP contribution is -2.42. The number of halogens is 1. The van der Waals surface area contributed by atoms with E-state index in [1.165, 1.54) is 11.1 Å². The van der Waals surface area contributed by atoms with Gasteiger partial charge < -0.3 is 19.4 Å². The summed E-state index contributed by atoms with van der Waals surface area (Å²) in [5.74, 6) is 1.86. The third-order valence-corrected chi connectivity index (χ3v) is 7.47. The molecule has 1 N–H and O–H groups in total. The molecule has 0 spiro atoms. The van der Waals surface area contributed by atoms with Gasteiger partial charge in [-0.05, 0) is 85.4 Å². The Morgan fingerprint density at radius 1 is 1.19 bits per heavy atom. The predicted octanol–water partition coefficient (Wildman–Crippen LogP) is 7.65. The summed E-state index contributed by atoms with van der Waals surface area (Å²) in [4.78, 5) is 10.4. The Hall–Kier alpha value is -3.09. The van der Waals surface area contributed by atoms with Crippen molar-refractivity contribution in [1.29, 1.82) is 0 Å². The van der Waals surface area contributed by atoms with Gasteiger partial charge in [0, 0.05) is 40.4 Å². The van der Waals surface area contributed by atoms with Crippen LogP contribution < -0.4 is 9.47 Å². The average molecular weight is 534 g/mol. The predicted molar refractivity (Wildman–Crippen MR) is 154 cm³/mol. The molecule has 0 amide bonds. The van der Waals surface area contributed by atoms with E-state index in [2.05, 4.69) is 41.7 Å². The van der Waals surface area contributed by atoms with Gasteiger partial charge in [0.25, 0.3) is 5.17 Å². The molecule has 1 aliphatic heterocycles. The first-order chi connectivity index (χ1) is 17.9. The van der Waals surface area contributed by atoms with Crippen LogP contribution in [0.25, 0.3) is 10.9 Å². The van der Waals surface area contributed by atoms with Gasteiger partial charge in [-0.3, -0.25) is 0 Å². The first-order valence-electron chi connectivity index (χ1n) is 12.9. The molecular weight excluding hydrogens is 502 g/mol. The van der Waals surface area contributed by atoms with Crippen molar-refractivity contribution in [2.45, 2.75) is 46.1 Å². The molecule has 37 heavy (non-hydrogen) atoms. The van der Waals surface area contributed by atoms with Crippen LogP contribution in [0.3, 0.4) is 0 Å². The van der Waals surface area contributed by atoms with Crippen molar-refractivity contribution >= 4 is 39.9 Å². The Morgan fingerprint density at radius 3 is 2.73 bits per heavy atom.